The number of nitrogens with zero attached hydrogens (tertiary/aromatic N) is 1. The van der Waals surface area contributed by atoms with E-state index >= 15 is 0 Å². The van der Waals surface area contributed by atoms with Crippen molar-refractivity contribution in [1.82, 2.24) is 5.06 Å². The normalized spacial score (nSPS) is 15.6. The minimum Gasteiger partial charge on any atom is -0.460 e. The summed E-state index contributed by atoms with van der Waals surface area (Å²) in [5.41, 5.74) is -1.03. The standard InChI is InChI=1S/C21H35NO7/c1-19(2,3)21(6,7)27-14-13-20(4,5)28-17(25)9-8-10-18(26)29-22-15(23)11-12-16(22)24/h8-14H2,1-7H3. The van der Waals surface area contributed by atoms with E-state index in [1.54, 1.807) is 0 Å². The van der Waals surface area contributed by atoms with E-state index in [1.807, 2.05) is 27.7 Å². The van der Waals surface area contributed by atoms with Gasteiger partial charge in [-0.2, -0.15) is 0 Å². The molecule has 0 saturated carbocycles. The van der Waals surface area contributed by atoms with Crippen LogP contribution in [0.4, 0.5) is 0 Å². The number of esters is 1. The van der Waals surface area contributed by atoms with Gasteiger partial charge in [-0.1, -0.05) is 20.8 Å². The van der Waals surface area contributed by atoms with E-state index in [0.717, 1.165) is 0 Å². The Balaban J connectivity index is 2.31. The number of ether oxygens (including phenoxy) is 2. The lowest BCUT2D eigenvalue weighted by Crippen LogP contribution is -2.41. The molecule has 0 spiro atoms. The van der Waals surface area contributed by atoms with Gasteiger partial charge in [0, 0.05) is 32.1 Å². The van der Waals surface area contributed by atoms with Crippen LogP contribution in [0.3, 0.4) is 0 Å². The summed E-state index contributed by atoms with van der Waals surface area (Å²) in [6.07, 6.45) is 0.787. The van der Waals surface area contributed by atoms with Crippen molar-refractivity contribution < 1.29 is 33.5 Å². The van der Waals surface area contributed by atoms with Crippen LogP contribution >= 0.6 is 0 Å². The predicted molar refractivity (Wildman–Crippen MR) is 105 cm³/mol. The lowest BCUT2D eigenvalue weighted by molar-refractivity contribution is -0.197. The van der Waals surface area contributed by atoms with Gasteiger partial charge in [-0.3, -0.25) is 14.4 Å². The molecule has 0 aromatic carbocycles. The molecule has 0 atom stereocenters. The predicted octanol–water partition coefficient (Wildman–Crippen LogP) is 3.32. The fourth-order valence-corrected chi connectivity index (χ4v) is 2.36. The zero-order valence-electron chi connectivity index (χ0n) is 18.8. The SMILES string of the molecule is CC(C)(CCOC(C)(C)C(C)(C)C)OC(=O)CCCC(=O)ON1C(=O)CCC1=O. The van der Waals surface area contributed by atoms with E-state index < -0.39 is 29.4 Å². The van der Waals surface area contributed by atoms with Crippen molar-refractivity contribution in [3.63, 3.8) is 0 Å². The Hall–Kier alpha value is -1.96. The Morgan fingerprint density at radius 2 is 1.41 bits per heavy atom. The first-order valence-corrected chi connectivity index (χ1v) is 10.1. The Labute approximate surface area is 173 Å². The van der Waals surface area contributed by atoms with Crippen molar-refractivity contribution in [3.05, 3.63) is 0 Å². The largest absolute Gasteiger partial charge is 0.460 e. The molecule has 0 unspecified atom stereocenters. The fraction of sp³-hybridized carbons (Fsp3) is 0.810. The molecule has 0 N–H and O–H groups in total. The van der Waals surface area contributed by atoms with Gasteiger partial charge in [0.05, 0.1) is 12.2 Å². The van der Waals surface area contributed by atoms with E-state index in [-0.39, 0.29) is 43.1 Å². The number of carbonyl (C=O) groups is 4. The van der Waals surface area contributed by atoms with Crippen molar-refractivity contribution in [3.8, 4) is 0 Å². The van der Waals surface area contributed by atoms with Crippen molar-refractivity contribution >= 4 is 23.8 Å². The van der Waals surface area contributed by atoms with Crippen LogP contribution in [0.15, 0.2) is 0 Å². The number of hydrogen-bond acceptors (Lipinski definition) is 7. The van der Waals surface area contributed by atoms with Gasteiger partial charge in [-0.05, 0) is 39.5 Å². The molecule has 29 heavy (non-hydrogen) atoms. The maximum absolute atomic E-state index is 12.1. The average Bonchev–Trinajstić information content (AvgIpc) is 2.84. The van der Waals surface area contributed by atoms with E-state index in [2.05, 4.69) is 20.8 Å². The van der Waals surface area contributed by atoms with Gasteiger partial charge in [0.2, 0.25) is 0 Å². The van der Waals surface area contributed by atoms with Crippen LogP contribution in [0, 0.1) is 5.41 Å². The molecule has 1 rings (SSSR count). The molecule has 1 aliphatic heterocycles. The molecular formula is C21H35NO7. The molecule has 0 aliphatic carbocycles. The summed E-state index contributed by atoms with van der Waals surface area (Å²) in [4.78, 5) is 51.4. The number of carbonyl (C=O) groups excluding carboxylic acids is 4. The van der Waals surface area contributed by atoms with Gasteiger partial charge in [-0.15, -0.1) is 5.06 Å². The number of hydroxylamine groups is 2. The van der Waals surface area contributed by atoms with Gasteiger partial charge in [-0.25, -0.2) is 4.79 Å². The van der Waals surface area contributed by atoms with Crippen molar-refractivity contribution in [2.75, 3.05) is 6.61 Å². The summed E-state index contributed by atoms with van der Waals surface area (Å²) < 4.78 is 11.5. The topological polar surface area (TPSA) is 99.2 Å². The number of imide groups is 1. The highest BCUT2D eigenvalue weighted by atomic mass is 16.7. The highest BCUT2D eigenvalue weighted by Crippen LogP contribution is 2.33. The molecule has 2 amide bonds. The molecular weight excluding hydrogens is 378 g/mol. The van der Waals surface area contributed by atoms with Gasteiger partial charge in [0.15, 0.2) is 0 Å². The smallest absolute Gasteiger partial charge is 0.333 e. The third-order valence-corrected chi connectivity index (χ3v) is 5.32. The molecule has 8 heteroatoms. The van der Waals surface area contributed by atoms with Crippen LogP contribution in [0.5, 0.6) is 0 Å². The van der Waals surface area contributed by atoms with Gasteiger partial charge in [0.25, 0.3) is 11.8 Å². The molecule has 0 radical (unpaired) electrons. The molecule has 1 saturated heterocycles. The molecule has 0 aromatic rings. The first-order chi connectivity index (χ1) is 13.1. The van der Waals surface area contributed by atoms with Crippen LogP contribution in [0.2, 0.25) is 0 Å². The molecule has 1 fully saturated rings. The van der Waals surface area contributed by atoms with Crippen LogP contribution in [-0.2, 0) is 33.5 Å². The third-order valence-electron chi connectivity index (χ3n) is 5.32. The van der Waals surface area contributed by atoms with Crippen LogP contribution in [0.25, 0.3) is 0 Å². The van der Waals surface area contributed by atoms with E-state index in [4.69, 9.17) is 14.3 Å². The summed E-state index contributed by atoms with van der Waals surface area (Å²) in [5.74, 6) is -2.20. The first kappa shape index (κ1) is 25.1. The molecule has 8 nitrogen and oxygen atoms in total. The lowest BCUT2D eigenvalue weighted by atomic mass is 9.79. The molecule has 0 aromatic heterocycles. The van der Waals surface area contributed by atoms with E-state index in [9.17, 15) is 19.2 Å². The summed E-state index contributed by atoms with van der Waals surface area (Å²) in [5, 5.41) is 0.503. The summed E-state index contributed by atoms with van der Waals surface area (Å²) >= 11 is 0. The quantitative estimate of drug-likeness (QED) is 0.400. The second kappa shape index (κ2) is 9.69. The number of amides is 2. The molecule has 1 heterocycles. The van der Waals surface area contributed by atoms with Crippen LogP contribution < -0.4 is 0 Å². The highest BCUT2D eigenvalue weighted by molar-refractivity contribution is 6.01. The minimum absolute atomic E-state index is 0.0211. The highest BCUT2D eigenvalue weighted by Gasteiger charge is 2.35. The van der Waals surface area contributed by atoms with Gasteiger partial charge in [0.1, 0.15) is 5.60 Å². The Kier molecular flexibility index (Phi) is 8.38. The monoisotopic (exact) mass is 413 g/mol. The van der Waals surface area contributed by atoms with Crippen molar-refractivity contribution in [1.29, 1.82) is 0 Å². The molecule has 166 valence electrons. The maximum atomic E-state index is 12.1. The fourth-order valence-electron chi connectivity index (χ4n) is 2.36. The van der Waals surface area contributed by atoms with Crippen molar-refractivity contribution in [2.45, 2.75) is 98.2 Å². The third kappa shape index (κ3) is 8.12. The Bertz CT molecular complexity index is 615. The zero-order valence-corrected chi connectivity index (χ0v) is 18.8. The van der Waals surface area contributed by atoms with E-state index in [0.29, 0.717) is 18.1 Å². The minimum atomic E-state index is -0.724. The maximum Gasteiger partial charge on any atom is 0.333 e. The number of rotatable bonds is 10. The second-order valence-corrected chi connectivity index (χ2v) is 9.49. The zero-order chi connectivity index (χ0) is 22.5. The summed E-state index contributed by atoms with van der Waals surface area (Å²) in [6.45, 7) is 14.5. The van der Waals surface area contributed by atoms with Crippen LogP contribution in [-0.4, -0.2) is 46.6 Å². The lowest BCUT2D eigenvalue weighted by Gasteiger charge is -2.39. The second-order valence-electron chi connectivity index (χ2n) is 9.49. The molecule has 0 bridgehead atoms. The Morgan fingerprint density at radius 3 is 1.93 bits per heavy atom. The van der Waals surface area contributed by atoms with Gasteiger partial charge >= 0.3 is 11.9 Å². The van der Waals surface area contributed by atoms with Crippen LogP contribution in [0.1, 0.15) is 87.0 Å². The summed E-state index contributed by atoms with van der Waals surface area (Å²) in [6, 6.07) is 0. The van der Waals surface area contributed by atoms with Gasteiger partial charge < -0.3 is 14.3 Å². The first-order valence-electron chi connectivity index (χ1n) is 10.1. The van der Waals surface area contributed by atoms with Crippen molar-refractivity contribution in [2.24, 2.45) is 5.41 Å². The average molecular weight is 414 g/mol. The summed E-state index contributed by atoms with van der Waals surface area (Å²) in [7, 11) is 0. The Morgan fingerprint density at radius 1 is 0.897 bits per heavy atom. The number of hydrogen-bond donors (Lipinski definition) is 0. The van der Waals surface area contributed by atoms with E-state index in [1.165, 1.54) is 0 Å². The molecule has 1 aliphatic rings.